The second-order valence-corrected chi connectivity index (χ2v) is 3.99. The molecular weight excluding hydrogens is 214 g/mol. The van der Waals surface area contributed by atoms with Gasteiger partial charge < -0.3 is 4.90 Å². The van der Waals surface area contributed by atoms with Gasteiger partial charge in [0.15, 0.2) is 0 Å². The van der Waals surface area contributed by atoms with Crippen molar-refractivity contribution in [3.05, 3.63) is 40.5 Å². The van der Waals surface area contributed by atoms with Crippen LogP contribution in [0.25, 0.3) is 0 Å². The minimum Gasteiger partial charge on any atom is -0.348 e. The van der Waals surface area contributed by atoms with Gasteiger partial charge in [0, 0.05) is 29.3 Å². The maximum atomic E-state index is 3.99. The first-order chi connectivity index (χ1) is 5.68. The van der Waals surface area contributed by atoms with E-state index in [1.807, 2.05) is 0 Å². The topological polar surface area (TPSA) is 3.24 Å². The molecule has 1 nitrogen and oxygen atoms in total. The molecule has 2 heteroatoms. The summed E-state index contributed by atoms with van der Waals surface area (Å²) in [6, 6.07) is 6.34. The summed E-state index contributed by atoms with van der Waals surface area (Å²) in [7, 11) is 2.06. The lowest BCUT2D eigenvalue weighted by molar-refractivity contribution is 1.11. The number of halogens is 1. The van der Waals surface area contributed by atoms with Crippen molar-refractivity contribution in [2.75, 3.05) is 11.9 Å². The molecule has 1 aromatic carbocycles. The smallest absolute Gasteiger partial charge is 0.0442 e. The zero-order chi connectivity index (χ0) is 8.72. The maximum Gasteiger partial charge on any atom is 0.0442 e. The van der Waals surface area contributed by atoms with Crippen molar-refractivity contribution >= 4 is 21.6 Å². The van der Waals surface area contributed by atoms with Crippen LogP contribution in [-0.4, -0.2) is 7.05 Å². The molecule has 1 heterocycles. The van der Waals surface area contributed by atoms with E-state index in [-0.39, 0.29) is 0 Å². The van der Waals surface area contributed by atoms with E-state index in [1.165, 1.54) is 16.9 Å². The zero-order valence-corrected chi connectivity index (χ0v) is 8.56. The lowest BCUT2D eigenvalue weighted by Gasteiger charge is -2.12. The molecule has 0 radical (unpaired) electrons. The normalized spacial score (nSPS) is 15.2. The fraction of sp³-hybridized carbons (Fsp3) is 0.200. The van der Waals surface area contributed by atoms with E-state index in [1.54, 1.807) is 0 Å². The summed E-state index contributed by atoms with van der Waals surface area (Å²) in [5.74, 6) is 0. The standard InChI is InChI=1S/C10H10BrN/c1-7-5-8-6-9(11)3-4-10(8)12(7)2/h3-4,6H,1,5H2,2H3. The highest BCUT2D eigenvalue weighted by atomic mass is 79.9. The highest BCUT2D eigenvalue weighted by Gasteiger charge is 2.18. The van der Waals surface area contributed by atoms with Gasteiger partial charge in [-0.3, -0.25) is 0 Å². The van der Waals surface area contributed by atoms with E-state index >= 15 is 0 Å². The molecule has 2 rings (SSSR count). The first-order valence-electron chi connectivity index (χ1n) is 3.88. The molecule has 0 N–H and O–H groups in total. The van der Waals surface area contributed by atoms with Gasteiger partial charge in [-0.05, 0) is 23.8 Å². The number of hydrogen-bond donors (Lipinski definition) is 0. The van der Waals surface area contributed by atoms with Gasteiger partial charge in [-0.2, -0.15) is 0 Å². The Labute approximate surface area is 80.8 Å². The number of allylic oxidation sites excluding steroid dienone is 1. The predicted molar refractivity (Wildman–Crippen MR) is 55.4 cm³/mol. The van der Waals surface area contributed by atoms with Crippen molar-refractivity contribution in [3.8, 4) is 0 Å². The number of fused-ring (bicyclic) bond motifs is 1. The summed E-state index contributed by atoms with van der Waals surface area (Å²) in [6.45, 7) is 3.99. The van der Waals surface area contributed by atoms with E-state index < -0.39 is 0 Å². The summed E-state index contributed by atoms with van der Waals surface area (Å²) >= 11 is 3.46. The highest BCUT2D eigenvalue weighted by Crippen LogP contribution is 2.33. The lowest BCUT2D eigenvalue weighted by Crippen LogP contribution is -2.09. The summed E-state index contributed by atoms with van der Waals surface area (Å²) in [5, 5.41) is 0. The van der Waals surface area contributed by atoms with Gasteiger partial charge >= 0.3 is 0 Å². The first kappa shape index (κ1) is 7.87. The second-order valence-electron chi connectivity index (χ2n) is 3.08. The molecule has 0 aliphatic carbocycles. The van der Waals surface area contributed by atoms with Crippen LogP contribution in [0, 0.1) is 0 Å². The molecule has 1 aliphatic rings. The Bertz CT molecular complexity index is 344. The van der Waals surface area contributed by atoms with Gasteiger partial charge in [0.25, 0.3) is 0 Å². The third kappa shape index (κ3) is 1.07. The Hall–Kier alpha value is -0.760. The quantitative estimate of drug-likeness (QED) is 0.654. The van der Waals surface area contributed by atoms with E-state index in [2.05, 4.69) is 52.7 Å². The van der Waals surface area contributed by atoms with Gasteiger partial charge in [0.2, 0.25) is 0 Å². The summed E-state index contributed by atoms with van der Waals surface area (Å²) in [4.78, 5) is 2.14. The van der Waals surface area contributed by atoms with Gasteiger partial charge in [-0.1, -0.05) is 22.5 Å². The molecule has 0 saturated heterocycles. The number of rotatable bonds is 0. The first-order valence-corrected chi connectivity index (χ1v) is 4.68. The second kappa shape index (κ2) is 2.63. The Morgan fingerprint density at radius 1 is 1.50 bits per heavy atom. The van der Waals surface area contributed by atoms with Gasteiger partial charge in [0.05, 0.1) is 0 Å². The minimum atomic E-state index is 0.977. The van der Waals surface area contributed by atoms with Crippen LogP contribution in [0.4, 0.5) is 5.69 Å². The Kier molecular flexibility index (Phi) is 1.72. The van der Waals surface area contributed by atoms with E-state index in [0.717, 1.165) is 10.9 Å². The molecule has 0 saturated carbocycles. The number of hydrogen-bond acceptors (Lipinski definition) is 1. The van der Waals surface area contributed by atoms with Crippen LogP contribution in [0.5, 0.6) is 0 Å². The third-order valence-corrected chi connectivity index (χ3v) is 2.76. The van der Waals surface area contributed by atoms with Crippen LogP contribution in [-0.2, 0) is 6.42 Å². The maximum absolute atomic E-state index is 3.99. The molecule has 1 aromatic rings. The van der Waals surface area contributed by atoms with Crippen molar-refractivity contribution in [2.24, 2.45) is 0 Å². The molecule has 0 aromatic heterocycles. The van der Waals surface area contributed by atoms with Crippen LogP contribution in [0.1, 0.15) is 5.56 Å². The monoisotopic (exact) mass is 223 g/mol. The highest BCUT2D eigenvalue weighted by molar-refractivity contribution is 9.10. The molecule has 62 valence electrons. The van der Waals surface area contributed by atoms with Crippen LogP contribution < -0.4 is 4.90 Å². The van der Waals surface area contributed by atoms with Crippen molar-refractivity contribution in [2.45, 2.75) is 6.42 Å². The Balaban J connectivity index is 2.54. The molecule has 0 spiro atoms. The Morgan fingerprint density at radius 2 is 2.25 bits per heavy atom. The lowest BCUT2D eigenvalue weighted by atomic mass is 10.1. The van der Waals surface area contributed by atoms with Gasteiger partial charge in [-0.25, -0.2) is 0 Å². The van der Waals surface area contributed by atoms with Crippen LogP contribution in [0.3, 0.4) is 0 Å². The molecule has 0 unspecified atom stereocenters. The molecule has 1 aliphatic heterocycles. The molecular formula is C10H10BrN. The van der Waals surface area contributed by atoms with Gasteiger partial charge in [-0.15, -0.1) is 0 Å². The summed E-state index contributed by atoms with van der Waals surface area (Å²) < 4.78 is 1.14. The van der Waals surface area contributed by atoms with E-state index in [4.69, 9.17) is 0 Å². The van der Waals surface area contributed by atoms with E-state index in [0.29, 0.717) is 0 Å². The molecule has 0 bridgehead atoms. The van der Waals surface area contributed by atoms with Gasteiger partial charge in [0.1, 0.15) is 0 Å². The average Bonchev–Trinajstić information content (AvgIpc) is 2.28. The largest absolute Gasteiger partial charge is 0.348 e. The average molecular weight is 224 g/mol. The fourth-order valence-electron chi connectivity index (χ4n) is 1.53. The van der Waals surface area contributed by atoms with Crippen LogP contribution in [0.15, 0.2) is 34.9 Å². The van der Waals surface area contributed by atoms with E-state index in [9.17, 15) is 0 Å². The van der Waals surface area contributed by atoms with Crippen molar-refractivity contribution in [1.29, 1.82) is 0 Å². The van der Waals surface area contributed by atoms with Crippen molar-refractivity contribution < 1.29 is 0 Å². The third-order valence-electron chi connectivity index (χ3n) is 2.27. The van der Waals surface area contributed by atoms with Crippen molar-refractivity contribution in [1.82, 2.24) is 0 Å². The minimum absolute atomic E-state index is 0.977. The zero-order valence-electron chi connectivity index (χ0n) is 6.97. The fourth-order valence-corrected chi connectivity index (χ4v) is 1.94. The number of likely N-dealkylation sites (N-methyl/N-ethyl adjacent to an activating group) is 1. The predicted octanol–water partition coefficient (Wildman–Crippen LogP) is 2.96. The Morgan fingerprint density at radius 3 is 3.00 bits per heavy atom. The van der Waals surface area contributed by atoms with Crippen LogP contribution in [0.2, 0.25) is 0 Å². The summed E-state index contributed by atoms with van der Waals surface area (Å²) in [6.07, 6.45) is 0.977. The number of benzene rings is 1. The summed E-state index contributed by atoms with van der Waals surface area (Å²) in [5.41, 5.74) is 3.81. The number of nitrogens with zero attached hydrogens (tertiary/aromatic N) is 1. The van der Waals surface area contributed by atoms with Crippen LogP contribution >= 0.6 is 15.9 Å². The molecule has 0 amide bonds. The molecule has 0 fully saturated rings. The number of anilines is 1. The molecule has 12 heavy (non-hydrogen) atoms. The van der Waals surface area contributed by atoms with Crippen molar-refractivity contribution in [3.63, 3.8) is 0 Å². The SMILES string of the molecule is C=C1Cc2cc(Br)ccc2N1C. The molecule has 0 atom stereocenters.